The Morgan fingerprint density at radius 1 is 1.11 bits per heavy atom. The van der Waals surface area contributed by atoms with E-state index in [0.29, 0.717) is 11.3 Å². The number of ether oxygens (including phenoxy) is 1. The van der Waals surface area contributed by atoms with Gasteiger partial charge in [0.1, 0.15) is 5.75 Å². The lowest BCUT2D eigenvalue weighted by Crippen LogP contribution is -1.90. The van der Waals surface area contributed by atoms with Crippen LogP contribution in [0.15, 0.2) is 42.5 Å². The number of aromatic nitrogens is 1. The summed E-state index contributed by atoms with van der Waals surface area (Å²) in [6, 6.07) is 15.6. The molecule has 18 heavy (non-hydrogen) atoms. The van der Waals surface area contributed by atoms with Crippen LogP contribution in [0.4, 0.5) is 0 Å². The molecule has 0 saturated carbocycles. The van der Waals surface area contributed by atoms with E-state index in [1.807, 2.05) is 30.3 Å². The van der Waals surface area contributed by atoms with Crippen LogP contribution in [0.5, 0.6) is 5.75 Å². The molecule has 0 unspecified atom stereocenters. The Bertz CT molecular complexity index is 787. The maximum Gasteiger partial charge on any atom is 0.129 e. The summed E-state index contributed by atoms with van der Waals surface area (Å²) in [4.78, 5) is 4.56. The molecule has 0 aliphatic carbocycles. The lowest BCUT2D eigenvalue weighted by Gasteiger charge is -2.07. The topological polar surface area (TPSA) is 45.9 Å². The van der Waals surface area contributed by atoms with E-state index in [2.05, 4.69) is 11.1 Å². The number of nitrogens with zero attached hydrogens (tertiary/aromatic N) is 2. The molecule has 0 aliphatic heterocycles. The minimum Gasteiger partial charge on any atom is -0.496 e. The van der Waals surface area contributed by atoms with Crippen LogP contribution in [0.3, 0.4) is 0 Å². The summed E-state index contributed by atoms with van der Waals surface area (Å²) < 4.78 is 5.33. The van der Waals surface area contributed by atoms with Crippen LogP contribution in [-0.4, -0.2) is 12.1 Å². The smallest absolute Gasteiger partial charge is 0.129 e. The zero-order valence-corrected chi connectivity index (χ0v) is 9.84. The van der Waals surface area contributed by atoms with Crippen LogP contribution < -0.4 is 4.74 Å². The van der Waals surface area contributed by atoms with Crippen LogP contribution >= 0.6 is 0 Å². The average Bonchev–Trinajstić information content (AvgIpc) is 2.43. The van der Waals surface area contributed by atoms with Gasteiger partial charge in [0.25, 0.3) is 0 Å². The molecule has 3 rings (SSSR count). The van der Waals surface area contributed by atoms with Gasteiger partial charge in [-0.25, -0.2) is 4.98 Å². The second-order valence-corrected chi connectivity index (χ2v) is 4.04. The fourth-order valence-electron chi connectivity index (χ4n) is 2.08. The third-order valence-corrected chi connectivity index (χ3v) is 2.95. The predicted octanol–water partition coefficient (Wildman–Crippen LogP) is 3.27. The number of nitriles is 1. The minimum atomic E-state index is 0.558. The van der Waals surface area contributed by atoms with Gasteiger partial charge in [0, 0.05) is 10.8 Å². The lowest BCUT2D eigenvalue weighted by atomic mass is 10.1. The van der Waals surface area contributed by atoms with Crippen molar-refractivity contribution in [1.29, 1.82) is 5.26 Å². The molecule has 3 nitrogen and oxygen atoms in total. The van der Waals surface area contributed by atoms with Gasteiger partial charge in [-0.1, -0.05) is 18.2 Å². The quantitative estimate of drug-likeness (QED) is 0.607. The molecule has 0 radical (unpaired) electrons. The van der Waals surface area contributed by atoms with Crippen molar-refractivity contribution in [2.24, 2.45) is 0 Å². The molecule has 1 heterocycles. The van der Waals surface area contributed by atoms with Crippen LogP contribution in [0.25, 0.3) is 21.8 Å². The summed E-state index contributed by atoms with van der Waals surface area (Å²) >= 11 is 0. The Kier molecular flexibility index (Phi) is 2.35. The monoisotopic (exact) mass is 234 g/mol. The van der Waals surface area contributed by atoms with Gasteiger partial charge in [0.15, 0.2) is 0 Å². The normalized spacial score (nSPS) is 10.4. The van der Waals surface area contributed by atoms with Crippen molar-refractivity contribution in [3.8, 4) is 11.8 Å². The summed E-state index contributed by atoms with van der Waals surface area (Å²) in [7, 11) is 1.60. The van der Waals surface area contributed by atoms with E-state index in [1.54, 1.807) is 19.2 Å². The maximum atomic E-state index is 9.00. The zero-order chi connectivity index (χ0) is 12.5. The molecule has 0 fully saturated rings. The summed E-state index contributed by atoms with van der Waals surface area (Å²) in [5.41, 5.74) is 2.26. The van der Waals surface area contributed by atoms with Gasteiger partial charge < -0.3 is 4.74 Å². The average molecular weight is 234 g/mol. The number of benzene rings is 2. The van der Waals surface area contributed by atoms with Crippen LogP contribution in [0.2, 0.25) is 0 Å². The number of pyridine rings is 1. The number of hydrogen-bond acceptors (Lipinski definition) is 3. The fraction of sp³-hybridized carbons (Fsp3) is 0.0667. The summed E-state index contributed by atoms with van der Waals surface area (Å²) in [5, 5.41) is 11.0. The molecule has 86 valence electrons. The molecular formula is C15H10N2O. The first kappa shape index (κ1) is 10.5. The predicted molar refractivity (Wildman–Crippen MR) is 70.5 cm³/mol. The first-order valence-electron chi connectivity index (χ1n) is 5.59. The Morgan fingerprint density at radius 3 is 2.72 bits per heavy atom. The molecule has 3 heteroatoms. The van der Waals surface area contributed by atoms with Gasteiger partial charge in [0.2, 0.25) is 0 Å². The Hall–Kier alpha value is -2.60. The van der Waals surface area contributed by atoms with Gasteiger partial charge >= 0.3 is 0 Å². The van der Waals surface area contributed by atoms with Gasteiger partial charge in [-0.15, -0.1) is 0 Å². The van der Waals surface area contributed by atoms with Crippen LogP contribution in [0, 0.1) is 11.3 Å². The molecular weight excluding hydrogens is 224 g/mol. The first-order chi connectivity index (χ1) is 8.81. The fourth-order valence-corrected chi connectivity index (χ4v) is 2.08. The van der Waals surface area contributed by atoms with E-state index >= 15 is 0 Å². The molecule has 3 aromatic rings. The first-order valence-corrected chi connectivity index (χ1v) is 5.59. The largest absolute Gasteiger partial charge is 0.496 e. The summed E-state index contributed by atoms with van der Waals surface area (Å²) in [5.74, 6) is 0.683. The molecule has 0 amide bonds. The van der Waals surface area contributed by atoms with E-state index in [9.17, 15) is 0 Å². The Labute approximate surface area is 104 Å². The molecule has 0 N–H and O–H groups in total. The highest BCUT2D eigenvalue weighted by atomic mass is 16.5. The number of methoxy groups -OCH3 is 1. The standard InChI is InChI=1S/C15H10N2O/c1-18-15-7-10(9-16)6-14-12(15)8-11-4-2-3-5-13(11)17-14/h2-8H,1H3. The third-order valence-electron chi connectivity index (χ3n) is 2.95. The van der Waals surface area contributed by atoms with E-state index in [0.717, 1.165) is 21.8 Å². The van der Waals surface area contributed by atoms with Crippen LogP contribution in [-0.2, 0) is 0 Å². The highest BCUT2D eigenvalue weighted by Gasteiger charge is 2.07. The van der Waals surface area contributed by atoms with E-state index in [1.165, 1.54) is 0 Å². The van der Waals surface area contributed by atoms with E-state index in [-0.39, 0.29) is 0 Å². The Balaban J connectivity index is 2.46. The molecule has 0 spiro atoms. The molecule has 1 aromatic heterocycles. The van der Waals surface area contributed by atoms with Crippen molar-refractivity contribution < 1.29 is 4.74 Å². The van der Waals surface area contributed by atoms with Crippen molar-refractivity contribution in [2.45, 2.75) is 0 Å². The highest BCUT2D eigenvalue weighted by molar-refractivity contribution is 5.96. The number of rotatable bonds is 1. The van der Waals surface area contributed by atoms with Gasteiger partial charge in [-0.05, 0) is 24.3 Å². The maximum absolute atomic E-state index is 9.00. The van der Waals surface area contributed by atoms with Gasteiger partial charge in [0.05, 0.1) is 29.8 Å². The minimum absolute atomic E-state index is 0.558. The van der Waals surface area contributed by atoms with E-state index < -0.39 is 0 Å². The van der Waals surface area contributed by atoms with Crippen molar-refractivity contribution in [1.82, 2.24) is 4.98 Å². The van der Waals surface area contributed by atoms with Crippen molar-refractivity contribution in [3.63, 3.8) is 0 Å². The van der Waals surface area contributed by atoms with Crippen molar-refractivity contribution in [3.05, 3.63) is 48.0 Å². The second kappa shape index (κ2) is 4.01. The van der Waals surface area contributed by atoms with Crippen molar-refractivity contribution >= 4 is 21.8 Å². The number of hydrogen-bond donors (Lipinski definition) is 0. The SMILES string of the molecule is COc1cc(C#N)cc2nc3ccccc3cc12. The summed E-state index contributed by atoms with van der Waals surface area (Å²) in [6.07, 6.45) is 0. The van der Waals surface area contributed by atoms with Crippen molar-refractivity contribution in [2.75, 3.05) is 7.11 Å². The lowest BCUT2D eigenvalue weighted by molar-refractivity contribution is 0.419. The molecule has 0 saturated heterocycles. The Morgan fingerprint density at radius 2 is 1.94 bits per heavy atom. The zero-order valence-electron chi connectivity index (χ0n) is 9.84. The number of para-hydroxylation sites is 1. The highest BCUT2D eigenvalue weighted by Crippen LogP contribution is 2.29. The molecule has 2 aromatic carbocycles. The van der Waals surface area contributed by atoms with Gasteiger partial charge in [-0.3, -0.25) is 0 Å². The summed E-state index contributed by atoms with van der Waals surface area (Å²) in [6.45, 7) is 0. The molecule has 0 aliphatic rings. The van der Waals surface area contributed by atoms with Crippen LogP contribution in [0.1, 0.15) is 5.56 Å². The van der Waals surface area contributed by atoms with E-state index in [4.69, 9.17) is 10.00 Å². The van der Waals surface area contributed by atoms with Gasteiger partial charge in [-0.2, -0.15) is 5.26 Å². The number of fused-ring (bicyclic) bond motifs is 2. The second-order valence-electron chi connectivity index (χ2n) is 4.04. The molecule has 0 atom stereocenters. The molecule has 0 bridgehead atoms. The third kappa shape index (κ3) is 1.56.